The van der Waals surface area contributed by atoms with Gasteiger partial charge < -0.3 is 9.84 Å². The Hall–Kier alpha value is -1.51. The molecule has 3 heteroatoms. The van der Waals surface area contributed by atoms with Gasteiger partial charge in [0.15, 0.2) is 0 Å². The minimum Gasteiger partial charge on any atom is -0.508 e. The number of ether oxygens (including phenoxy) is 1. The third-order valence-electron chi connectivity index (χ3n) is 6.92. The van der Waals surface area contributed by atoms with Crippen molar-refractivity contribution in [2.45, 2.75) is 84.7 Å². The van der Waals surface area contributed by atoms with Crippen LogP contribution in [0.2, 0.25) is 0 Å². The van der Waals surface area contributed by atoms with Crippen molar-refractivity contribution in [3.8, 4) is 5.75 Å². The fraction of sp³-hybridized carbons (Fsp3) is 0.682. The first-order chi connectivity index (χ1) is 11.6. The van der Waals surface area contributed by atoms with E-state index in [2.05, 4.69) is 40.7 Å². The van der Waals surface area contributed by atoms with Crippen LogP contribution in [0.4, 0.5) is 0 Å². The lowest BCUT2D eigenvalue weighted by Crippen LogP contribution is -2.54. The Morgan fingerprint density at radius 2 is 1.92 bits per heavy atom. The number of carbonyl (C=O) groups excluding carboxylic acids is 1. The molecule has 3 nitrogen and oxygen atoms in total. The Morgan fingerprint density at radius 1 is 1.24 bits per heavy atom. The Labute approximate surface area is 151 Å². The lowest BCUT2D eigenvalue weighted by molar-refractivity contribution is -0.163. The molecule has 0 saturated heterocycles. The van der Waals surface area contributed by atoms with Gasteiger partial charge in [0.05, 0.1) is 0 Å². The molecule has 0 radical (unpaired) electrons. The maximum Gasteiger partial charge on any atom is 0.302 e. The molecule has 138 valence electrons. The van der Waals surface area contributed by atoms with Crippen LogP contribution in [0.25, 0.3) is 0 Å². The van der Waals surface area contributed by atoms with Crippen LogP contribution in [0.3, 0.4) is 0 Å². The monoisotopic (exact) mass is 344 g/mol. The number of phenols is 1. The zero-order valence-corrected chi connectivity index (χ0v) is 16.5. The highest BCUT2D eigenvalue weighted by Gasteiger charge is 2.54. The summed E-state index contributed by atoms with van der Waals surface area (Å²) in [5.41, 5.74) is 3.71. The predicted molar refractivity (Wildman–Crippen MR) is 99.9 cm³/mol. The quantitative estimate of drug-likeness (QED) is 0.760. The van der Waals surface area contributed by atoms with Crippen LogP contribution in [0.5, 0.6) is 5.75 Å². The minimum absolute atomic E-state index is 0.0202. The zero-order chi connectivity index (χ0) is 18.6. The van der Waals surface area contributed by atoms with Gasteiger partial charge in [-0.3, -0.25) is 4.79 Å². The molecule has 0 amide bonds. The van der Waals surface area contributed by atoms with E-state index in [0.29, 0.717) is 17.6 Å². The van der Waals surface area contributed by atoms with Gasteiger partial charge in [0, 0.05) is 12.3 Å². The number of aryl methyl sites for hydroxylation is 1. The van der Waals surface area contributed by atoms with Crippen LogP contribution in [-0.2, 0) is 21.4 Å². The molecule has 2 aliphatic rings. The lowest BCUT2D eigenvalue weighted by atomic mass is 9.49. The maximum absolute atomic E-state index is 11.5. The van der Waals surface area contributed by atoms with E-state index in [1.54, 1.807) is 0 Å². The average molecular weight is 344 g/mol. The maximum atomic E-state index is 11.5. The summed E-state index contributed by atoms with van der Waals surface area (Å²) in [5.74, 6) is 1.01. The smallest absolute Gasteiger partial charge is 0.302 e. The van der Waals surface area contributed by atoms with Crippen molar-refractivity contribution in [1.82, 2.24) is 0 Å². The molecular weight excluding hydrogens is 312 g/mol. The number of carbonyl (C=O) groups is 1. The van der Waals surface area contributed by atoms with E-state index >= 15 is 0 Å². The molecule has 1 aromatic rings. The highest BCUT2D eigenvalue weighted by atomic mass is 16.5. The SMILES string of the molecule is CC(=O)O[C@H]1CC[C@]2(C)c3cc(O)c(C(C)C)cc3CCC2C1(C)C. The summed E-state index contributed by atoms with van der Waals surface area (Å²) in [6, 6.07) is 4.25. The standard InChI is InChI=1S/C22H32O3/c1-13(2)16-11-15-7-8-19-21(4,5)20(25-14(3)23)9-10-22(19,6)17(15)12-18(16)24/h11-13,19-20,24H,7-10H2,1-6H3/t19?,20-,22+/m0/s1. The van der Waals surface area contributed by atoms with Crippen LogP contribution >= 0.6 is 0 Å². The van der Waals surface area contributed by atoms with Gasteiger partial charge in [-0.05, 0) is 65.7 Å². The van der Waals surface area contributed by atoms with Gasteiger partial charge in [-0.1, -0.05) is 40.7 Å². The lowest BCUT2D eigenvalue weighted by Gasteiger charge is -2.56. The molecule has 0 bridgehead atoms. The van der Waals surface area contributed by atoms with Gasteiger partial charge >= 0.3 is 5.97 Å². The molecule has 2 aliphatic carbocycles. The summed E-state index contributed by atoms with van der Waals surface area (Å²) in [6.45, 7) is 12.6. The molecule has 1 unspecified atom stereocenters. The number of hydrogen-bond donors (Lipinski definition) is 1. The molecule has 1 N–H and O–H groups in total. The largest absolute Gasteiger partial charge is 0.508 e. The molecule has 0 heterocycles. The molecular formula is C22H32O3. The average Bonchev–Trinajstić information content (AvgIpc) is 2.50. The van der Waals surface area contributed by atoms with Crippen molar-refractivity contribution in [1.29, 1.82) is 0 Å². The molecule has 1 fully saturated rings. The summed E-state index contributed by atoms with van der Waals surface area (Å²) in [5, 5.41) is 10.6. The third kappa shape index (κ3) is 2.86. The Bertz CT molecular complexity index is 689. The van der Waals surface area contributed by atoms with Crippen molar-refractivity contribution in [3.05, 3.63) is 28.8 Å². The second kappa shape index (κ2) is 6.03. The summed E-state index contributed by atoms with van der Waals surface area (Å²) in [6.07, 6.45) is 3.99. The van der Waals surface area contributed by atoms with E-state index in [1.807, 2.05) is 6.07 Å². The Kier molecular flexibility index (Phi) is 4.41. The number of esters is 1. The van der Waals surface area contributed by atoms with Gasteiger partial charge in [-0.15, -0.1) is 0 Å². The molecule has 0 aromatic heterocycles. The van der Waals surface area contributed by atoms with E-state index in [1.165, 1.54) is 18.1 Å². The van der Waals surface area contributed by atoms with Crippen LogP contribution in [0.1, 0.15) is 83.4 Å². The van der Waals surface area contributed by atoms with E-state index in [0.717, 1.165) is 31.2 Å². The number of hydrogen-bond acceptors (Lipinski definition) is 3. The number of aromatic hydroxyl groups is 1. The van der Waals surface area contributed by atoms with Crippen molar-refractivity contribution in [3.63, 3.8) is 0 Å². The molecule has 1 saturated carbocycles. The van der Waals surface area contributed by atoms with Crippen LogP contribution in [-0.4, -0.2) is 17.2 Å². The summed E-state index contributed by atoms with van der Waals surface area (Å²) < 4.78 is 5.67. The topological polar surface area (TPSA) is 46.5 Å². The van der Waals surface area contributed by atoms with Gasteiger partial charge in [0.2, 0.25) is 0 Å². The normalized spacial score (nSPS) is 30.5. The van der Waals surface area contributed by atoms with Gasteiger partial charge in [0.25, 0.3) is 0 Å². The molecule has 0 spiro atoms. The number of benzene rings is 1. The first-order valence-electron chi connectivity index (χ1n) is 9.61. The van der Waals surface area contributed by atoms with Gasteiger partial charge in [-0.25, -0.2) is 0 Å². The van der Waals surface area contributed by atoms with Crippen LogP contribution in [0, 0.1) is 11.3 Å². The van der Waals surface area contributed by atoms with Crippen molar-refractivity contribution in [2.75, 3.05) is 0 Å². The second-order valence-corrected chi connectivity index (χ2v) is 9.19. The predicted octanol–water partition coefficient (Wildman–Crippen LogP) is 5.09. The number of rotatable bonds is 2. The second-order valence-electron chi connectivity index (χ2n) is 9.19. The molecule has 0 aliphatic heterocycles. The minimum atomic E-state index is -0.183. The van der Waals surface area contributed by atoms with E-state index in [9.17, 15) is 9.90 Å². The van der Waals surface area contributed by atoms with E-state index in [-0.39, 0.29) is 22.9 Å². The van der Waals surface area contributed by atoms with Crippen molar-refractivity contribution >= 4 is 5.97 Å². The van der Waals surface area contributed by atoms with Crippen molar-refractivity contribution < 1.29 is 14.6 Å². The third-order valence-corrected chi connectivity index (χ3v) is 6.92. The molecule has 3 rings (SSSR count). The highest BCUT2D eigenvalue weighted by molar-refractivity contribution is 5.66. The van der Waals surface area contributed by atoms with Crippen LogP contribution in [0.15, 0.2) is 12.1 Å². The Morgan fingerprint density at radius 3 is 2.52 bits per heavy atom. The first kappa shape index (κ1) is 18.3. The fourth-order valence-electron chi connectivity index (χ4n) is 5.60. The number of phenolic OH excluding ortho intramolecular Hbond substituents is 1. The van der Waals surface area contributed by atoms with E-state index in [4.69, 9.17) is 4.74 Å². The van der Waals surface area contributed by atoms with Crippen LogP contribution < -0.4 is 0 Å². The molecule has 1 aromatic carbocycles. The van der Waals surface area contributed by atoms with Gasteiger partial charge in [0.1, 0.15) is 11.9 Å². The Balaban J connectivity index is 2.03. The summed E-state index contributed by atoms with van der Waals surface area (Å²) in [4.78, 5) is 11.5. The van der Waals surface area contributed by atoms with Gasteiger partial charge in [-0.2, -0.15) is 0 Å². The summed E-state index contributed by atoms with van der Waals surface area (Å²) >= 11 is 0. The van der Waals surface area contributed by atoms with E-state index < -0.39 is 0 Å². The zero-order valence-electron chi connectivity index (χ0n) is 16.5. The van der Waals surface area contributed by atoms with Crippen molar-refractivity contribution in [2.24, 2.45) is 11.3 Å². The number of fused-ring (bicyclic) bond motifs is 3. The molecule has 3 atom stereocenters. The first-order valence-corrected chi connectivity index (χ1v) is 9.61. The fourth-order valence-corrected chi connectivity index (χ4v) is 5.60. The summed E-state index contributed by atoms with van der Waals surface area (Å²) in [7, 11) is 0. The molecule has 25 heavy (non-hydrogen) atoms. The highest BCUT2D eigenvalue weighted by Crippen LogP contribution is 2.58.